The van der Waals surface area contributed by atoms with Crippen molar-refractivity contribution in [1.29, 1.82) is 0 Å². The fourth-order valence-corrected chi connectivity index (χ4v) is 1.41. The number of aromatic amines is 1. The van der Waals surface area contributed by atoms with Gasteiger partial charge in [0.05, 0.1) is 19.6 Å². The van der Waals surface area contributed by atoms with Crippen molar-refractivity contribution in [1.82, 2.24) is 4.98 Å². The summed E-state index contributed by atoms with van der Waals surface area (Å²) in [4.78, 5) is 24.8. The second kappa shape index (κ2) is 5.60. The predicted molar refractivity (Wildman–Crippen MR) is 59.4 cm³/mol. The Hall–Kier alpha value is -1.66. The molecule has 0 radical (unpaired) electrons. The number of nitrogens with one attached hydrogen (secondary N) is 1. The third-order valence-corrected chi connectivity index (χ3v) is 2.36. The van der Waals surface area contributed by atoms with Gasteiger partial charge in [0.25, 0.3) is 5.56 Å². The molecule has 6 heteroatoms. The molecule has 17 heavy (non-hydrogen) atoms. The zero-order valence-electron chi connectivity index (χ0n) is 9.64. The quantitative estimate of drug-likeness (QED) is 0.625. The SMILES string of the molecule is COC(=O)CC(O)C(O)c1cc(C)c[nH]c1=O. The molecule has 0 saturated carbocycles. The summed E-state index contributed by atoms with van der Waals surface area (Å²) in [6.45, 7) is 1.73. The van der Waals surface area contributed by atoms with Crippen molar-refractivity contribution in [3.05, 3.63) is 33.7 Å². The van der Waals surface area contributed by atoms with Gasteiger partial charge in [-0.15, -0.1) is 0 Å². The van der Waals surface area contributed by atoms with Crippen molar-refractivity contribution in [2.24, 2.45) is 0 Å². The molecule has 0 aliphatic rings. The third kappa shape index (κ3) is 3.40. The lowest BCUT2D eigenvalue weighted by Crippen LogP contribution is -2.27. The molecule has 0 aliphatic heterocycles. The minimum Gasteiger partial charge on any atom is -0.469 e. The highest BCUT2D eigenvalue weighted by Gasteiger charge is 2.24. The van der Waals surface area contributed by atoms with Crippen LogP contribution < -0.4 is 5.56 Å². The Morgan fingerprint density at radius 3 is 2.76 bits per heavy atom. The number of methoxy groups -OCH3 is 1. The van der Waals surface area contributed by atoms with E-state index in [1.165, 1.54) is 19.4 Å². The van der Waals surface area contributed by atoms with Gasteiger partial charge in [-0.25, -0.2) is 0 Å². The van der Waals surface area contributed by atoms with E-state index < -0.39 is 23.7 Å². The maximum Gasteiger partial charge on any atom is 0.308 e. The van der Waals surface area contributed by atoms with Crippen LogP contribution in [0.1, 0.15) is 23.7 Å². The Balaban J connectivity index is 2.88. The number of esters is 1. The number of rotatable bonds is 4. The Morgan fingerprint density at radius 2 is 2.18 bits per heavy atom. The minimum absolute atomic E-state index is 0.0291. The number of ether oxygens (including phenoxy) is 1. The first-order chi connectivity index (χ1) is 7.95. The Kier molecular flexibility index (Phi) is 4.42. The highest BCUT2D eigenvalue weighted by molar-refractivity contribution is 5.69. The number of aromatic nitrogens is 1. The average molecular weight is 241 g/mol. The van der Waals surface area contributed by atoms with Crippen molar-refractivity contribution in [3.8, 4) is 0 Å². The smallest absolute Gasteiger partial charge is 0.308 e. The maximum atomic E-state index is 11.4. The van der Waals surface area contributed by atoms with E-state index in [2.05, 4.69) is 9.72 Å². The van der Waals surface area contributed by atoms with Crippen LogP contribution in [-0.4, -0.2) is 34.4 Å². The summed E-state index contributed by atoms with van der Waals surface area (Å²) in [6, 6.07) is 1.46. The van der Waals surface area contributed by atoms with Crippen molar-refractivity contribution in [3.63, 3.8) is 0 Å². The molecule has 0 saturated heterocycles. The number of aryl methyl sites for hydroxylation is 1. The molecule has 2 unspecified atom stereocenters. The van der Waals surface area contributed by atoms with Gasteiger partial charge in [-0.2, -0.15) is 0 Å². The second-order valence-corrected chi connectivity index (χ2v) is 3.75. The summed E-state index contributed by atoms with van der Waals surface area (Å²) in [7, 11) is 1.18. The van der Waals surface area contributed by atoms with Gasteiger partial charge in [-0.1, -0.05) is 0 Å². The Bertz CT molecular complexity index is 453. The Morgan fingerprint density at radius 1 is 1.53 bits per heavy atom. The number of hydrogen-bond acceptors (Lipinski definition) is 5. The summed E-state index contributed by atoms with van der Waals surface area (Å²) in [5.41, 5.74) is 0.275. The lowest BCUT2D eigenvalue weighted by molar-refractivity contribution is -0.144. The molecular formula is C11H15NO5. The molecular weight excluding hydrogens is 226 g/mol. The molecule has 0 aromatic carbocycles. The highest BCUT2D eigenvalue weighted by atomic mass is 16.5. The molecule has 94 valence electrons. The second-order valence-electron chi connectivity index (χ2n) is 3.75. The number of pyridine rings is 1. The van der Waals surface area contributed by atoms with Crippen LogP contribution in [0.25, 0.3) is 0 Å². The number of hydrogen-bond donors (Lipinski definition) is 3. The van der Waals surface area contributed by atoms with E-state index in [1.54, 1.807) is 6.92 Å². The van der Waals surface area contributed by atoms with Gasteiger partial charge in [0.1, 0.15) is 6.10 Å². The number of H-pyrrole nitrogens is 1. The van der Waals surface area contributed by atoms with Gasteiger partial charge >= 0.3 is 5.97 Å². The summed E-state index contributed by atoms with van der Waals surface area (Å²) < 4.78 is 4.36. The number of aliphatic hydroxyl groups is 2. The van der Waals surface area contributed by atoms with Crippen LogP contribution in [0.2, 0.25) is 0 Å². The summed E-state index contributed by atoms with van der Waals surface area (Å²) in [5.74, 6) is -0.652. The number of carbonyl (C=O) groups excluding carboxylic acids is 1. The minimum atomic E-state index is -1.42. The molecule has 0 bridgehead atoms. The summed E-state index contributed by atoms with van der Waals surface area (Å²) >= 11 is 0. The van der Waals surface area contributed by atoms with E-state index in [0.717, 1.165) is 5.56 Å². The Labute approximate surface area is 97.9 Å². The van der Waals surface area contributed by atoms with Crippen molar-refractivity contribution in [2.75, 3.05) is 7.11 Å². The van der Waals surface area contributed by atoms with Crippen LogP contribution >= 0.6 is 0 Å². The number of aliphatic hydroxyl groups excluding tert-OH is 2. The van der Waals surface area contributed by atoms with Gasteiger partial charge in [-0.05, 0) is 18.6 Å². The van der Waals surface area contributed by atoms with Gasteiger partial charge < -0.3 is 19.9 Å². The monoisotopic (exact) mass is 241 g/mol. The van der Waals surface area contributed by atoms with E-state index in [9.17, 15) is 19.8 Å². The zero-order valence-corrected chi connectivity index (χ0v) is 9.64. The normalized spacial score (nSPS) is 14.1. The molecule has 0 fully saturated rings. The zero-order chi connectivity index (χ0) is 13.0. The van der Waals surface area contributed by atoms with Gasteiger partial charge in [0.15, 0.2) is 0 Å². The molecule has 6 nitrogen and oxygen atoms in total. The number of carbonyl (C=O) groups is 1. The molecule has 0 amide bonds. The van der Waals surface area contributed by atoms with E-state index in [4.69, 9.17) is 0 Å². The molecule has 1 aromatic rings. The van der Waals surface area contributed by atoms with E-state index in [0.29, 0.717) is 0 Å². The topological polar surface area (TPSA) is 99.6 Å². The third-order valence-electron chi connectivity index (χ3n) is 2.36. The first kappa shape index (κ1) is 13.4. The molecule has 1 rings (SSSR count). The van der Waals surface area contributed by atoms with Crippen LogP contribution in [-0.2, 0) is 9.53 Å². The summed E-state index contributed by atoms with van der Waals surface area (Å²) in [6.07, 6.45) is -1.67. The van der Waals surface area contributed by atoms with E-state index >= 15 is 0 Å². The van der Waals surface area contributed by atoms with Crippen LogP contribution in [0.3, 0.4) is 0 Å². The predicted octanol–water partition coefficient (Wildman–Crippen LogP) is -0.359. The standard InChI is InChI=1S/C11H15NO5/c1-6-3-7(11(16)12-5-6)10(15)8(13)4-9(14)17-2/h3,5,8,10,13,15H,4H2,1-2H3,(H,12,16). The molecule has 1 aromatic heterocycles. The fourth-order valence-electron chi connectivity index (χ4n) is 1.41. The molecule has 1 heterocycles. The van der Waals surface area contributed by atoms with Crippen LogP contribution in [0.4, 0.5) is 0 Å². The highest BCUT2D eigenvalue weighted by Crippen LogP contribution is 2.16. The first-order valence-corrected chi connectivity index (χ1v) is 5.08. The van der Waals surface area contributed by atoms with Crippen LogP contribution in [0.5, 0.6) is 0 Å². The van der Waals surface area contributed by atoms with Crippen molar-refractivity contribution >= 4 is 5.97 Å². The van der Waals surface area contributed by atoms with Crippen molar-refractivity contribution < 1.29 is 19.7 Å². The summed E-state index contributed by atoms with van der Waals surface area (Å²) in [5, 5.41) is 19.3. The maximum absolute atomic E-state index is 11.4. The van der Waals surface area contributed by atoms with Crippen LogP contribution in [0.15, 0.2) is 17.1 Å². The molecule has 3 N–H and O–H groups in total. The molecule has 0 spiro atoms. The lowest BCUT2D eigenvalue weighted by Gasteiger charge is -2.16. The average Bonchev–Trinajstić information content (AvgIpc) is 2.31. The lowest BCUT2D eigenvalue weighted by atomic mass is 10.0. The largest absolute Gasteiger partial charge is 0.469 e. The van der Waals surface area contributed by atoms with E-state index in [1.807, 2.05) is 0 Å². The van der Waals surface area contributed by atoms with Gasteiger partial charge in [0, 0.05) is 11.8 Å². The first-order valence-electron chi connectivity index (χ1n) is 5.08. The van der Waals surface area contributed by atoms with Gasteiger partial charge in [0.2, 0.25) is 0 Å². The van der Waals surface area contributed by atoms with Crippen LogP contribution in [0, 0.1) is 6.92 Å². The molecule has 2 atom stereocenters. The van der Waals surface area contributed by atoms with Gasteiger partial charge in [-0.3, -0.25) is 9.59 Å². The van der Waals surface area contributed by atoms with Crippen molar-refractivity contribution in [2.45, 2.75) is 25.6 Å². The fraction of sp³-hybridized carbons (Fsp3) is 0.455. The van der Waals surface area contributed by atoms with E-state index in [-0.39, 0.29) is 12.0 Å². The molecule has 0 aliphatic carbocycles.